The molecule has 0 saturated heterocycles. The van der Waals surface area contributed by atoms with E-state index in [1.807, 2.05) is 36.6 Å². The fourth-order valence-electron chi connectivity index (χ4n) is 2.83. The number of aryl methyl sites for hydroxylation is 1. The van der Waals surface area contributed by atoms with Crippen LogP contribution in [0.1, 0.15) is 20.8 Å². The van der Waals surface area contributed by atoms with Crippen LogP contribution in [-0.4, -0.2) is 30.9 Å². The molecule has 0 atom stereocenters. The van der Waals surface area contributed by atoms with E-state index in [1.165, 1.54) is 4.88 Å². The van der Waals surface area contributed by atoms with E-state index in [4.69, 9.17) is 0 Å². The standard InChI is InChI=1S/C23H24N4O3S/c1-16-9-10-18(26-22(29)17-6-3-2-4-7-17)14-20(16)25-15-21(28)27-23(30)24-12-11-19-8-5-13-31-19/h2-10,13-14,25H,11-12,15H2,1H3,(H,26,29)(H2,24,27,28,30). The Balaban J connectivity index is 1.46. The van der Waals surface area contributed by atoms with Crippen molar-refractivity contribution in [2.75, 3.05) is 23.7 Å². The zero-order chi connectivity index (χ0) is 22.1. The first kappa shape index (κ1) is 22.0. The van der Waals surface area contributed by atoms with Crippen molar-refractivity contribution in [3.05, 3.63) is 82.0 Å². The largest absolute Gasteiger partial charge is 0.376 e. The lowest BCUT2D eigenvalue weighted by molar-refractivity contribution is -0.118. The Morgan fingerprint density at radius 1 is 0.968 bits per heavy atom. The normalized spacial score (nSPS) is 10.2. The van der Waals surface area contributed by atoms with Gasteiger partial charge in [-0.15, -0.1) is 11.3 Å². The highest BCUT2D eigenvalue weighted by Crippen LogP contribution is 2.20. The number of imide groups is 1. The molecule has 1 aromatic heterocycles. The van der Waals surface area contributed by atoms with Gasteiger partial charge in [-0.05, 0) is 54.6 Å². The maximum atomic E-state index is 12.3. The summed E-state index contributed by atoms with van der Waals surface area (Å²) in [5, 5.41) is 12.8. The van der Waals surface area contributed by atoms with Gasteiger partial charge in [-0.25, -0.2) is 4.79 Å². The van der Waals surface area contributed by atoms with E-state index >= 15 is 0 Å². The van der Waals surface area contributed by atoms with Crippen LogP contribution in [0, 0.1) is 6.92 Å². The number of amides is 4. The second-order valence-corrected chi connectivity index (χ2v) is 7.87. The number of rotatable bonds is 8. The van der Waals surface area contributed by atoms with Crippen molar-refractivity contribution in [2.24, 2.45) is 0 Å². The molecule has 4 amide bonds. The minimum atomic E-state index is -0.524. The van der Waals surface area contributed by atoms with Gasteiger partial charge in [0, 0.05) is 28.4 Å². The molecule has 0 unspecified atom stereocenters. The van der Waals surface area contributed by atoms with Crippen molar-refractivity contribution >= 4 is 40.6 Å². The molecular formula is C23H24N4O3S. The van der Waals surface area contributed by atoms with Gasteiger partial charge >= 0.3 is 6.03 Å². The van der Waals surface area contributed by atoms with E-state index < -0.39 is 11.9 Å². The molecule has 0 bridgehead atoms. The number of urea groups is 1. The maximum absolute atomic E-state index is 12.3. The van der Waals surface area contributed by atoms with Crippen LogP contribution in [0.3, 0.4) is 0 Å². The van der Waals surface area contributed by atoms with Gasteiger partial charge in [-0.2, -0.15) is 0 Å². The highest BCUT2D eigenvalue weighted by Gasteiger charge is 2.10. The molecule has 0 saturated carbocycles. The monoisotopic (exact) mass is 436 g/mol. The zero-order valence-corrected chi connectivity index (χ0v) is 17.9. The average molecular weight is 437 g/mol. The Hall–Kier alpha value is -3.65. The van der Waals surface area contributed by atoms with E-state index in [0.717, 1.165) is 12.0 Å². The Bertz CT molecular complexity index is 1040. The van der Waals surface area contributed by atoms with Crippen molar-refractivity contribution < 1.29 is 14.4 Å². The topological polar surface area (TPSA) is 99.3 Å². The van der Waals surface area contributed by atoms with Crippen molar-refractivity contribution in [3.63, 3.8) is 0 Å². The van der Waals surface area contributed by atoms with E-state index in [2.05, 4.69) is 21.3 Å². The van der Waals surface area contributed by atoms with Crippen LogP contribution in [0.2, 0.25) is 0 Å². The smallest absolute Gasteiger partial charge is 0.321 e. The predicted octanol–water partition coefficient (Wildman–Crippen LogP) is 3.79. The van der Waals surface area contributed by atoms with Crippen molar-refractivity contribution in [1.82, 2.24) is 10.6 Å². The molecule has 0 aliphatic heterocycles. The van der Waals surface area contributed by atoms with Crippen LogP contribution in [0.25, 0.3) is 0 Å². The molecule has 4 N–H and O–H groups in total. The van der Waals surface area contributed by atoms with Crippen LogP contribution in [0.5, 0.6) is 0 Å². The van der Waals surface area contributed by atoms with Crippen molar-refractivity contribution in [2.45, 2.75) is 13.3 Å². The number of carbonyl (C=O) groups is 3. The van der Waals surface area contributed by atoms with Gasteiger partial charge in [0.15, 0.2) is 0 Å². The average Bonchev–Trinajstić information content (AvgIpc) is 3.28. The molecule has 0 aliphatic carbocycles. The lowest BCUT2D eigenvalue weighted by atomic mass is 10.1. The number of benzene rings is 2. The van der Waals surface area contributed by atoms with E-state index in [1.54, 1.807) is 47.7 Å². The van der Waals surface area contributed by atoms with Crippen LogP contribution >= 0.6 is 11.3 Å². The second kappa shape index (κ2) is 10.9. The first-order valence-electron chi connectivity index (χ1n) is 9.82. The summed E-state index contributed by atoms with van der Waals surface area (Å²) in [5.41, 5.74) is 2.76. The number of carbonyl (C=O) groups excluding carboxylic acids is 3. The number of thiophene rings is 1. The molecule has 3 aromatic rings. The van der Waals surface area contributed by atoms with Crippen LogP contribution in [0.4, 0.5) is 16.2 Å². The first-order valence-corrected chi connectivity index (χ1v) is 10.7. The van der Waals surface area contributed by atoms with Gasteiger partial charge < -0.3 is 16.0 Å². The lowest BCUT2D eigenvalue weighted by Crippen LogP contribution is -2.42. The molecular weight excluding hydrogens is 412 g/mol. The number of hydrogen-bond donors (Lipinski definition) is 4. The first-order chi connectivity index (χ1) is 15.0. The molecule has 0 aliphatic rings. The summed E-state index contributed by atoms with van der Waals surface area (Å²) in [7, 11) is 0. The molecule has 31 heavy (non-hydrogen) atoms. The van der Waals surface area contributed by atoms with Crippen LogP contribution in [0.15, 0.2) is 66.0 Å². The summed E-state index contributed by atoms with van der Waals surface area (Å²) in [5.74, 6) is -0.667. The molecule has 0 spiro atoms. The zero-order valence-electron chi connectivity index (χ0n) is 17.1. The Kier molecular flexibility index (Phi) is 7.78. The van der Waals surface area contributed by atoms with Gasteiger partial charge in [-0.3, -0.25) is 14.9 Å². The quantitative estimate of drug-likeness (QED) is 0.432. The third-order valence-corrected chi connectivity index (χ3v) is 5.40. The summed E-state index contributed by atoms with van der Waals surface area (Å²) in [6.45, 7) is 2.27. The van der Waals surface area contributed by atoms with E-state index in [-0.39, 0.29) is 12.5 Å². The van der Waals surface area contributed by atoms with Crippen LogP contribution in [-0.2, 0) is 11.2 Å². The SMILES string of the molecule is Cc1ccc(NC(=O)c2ccccc2)cc1NCC(=O)NC(=O)NCCc1cccs1. The van der Waals surface area contributed by atoms with Gasteiger partial charge in [-0.1, -0.05) is 30.3 Å². The minimum absolute atomic E-state index is 0.0741. The van der Waals surface area contributed by atoms with Crippen LogP contribution < -0.4 is 21.3 Å². The number of hydrogen-bond acceptors (Lipinski definition) is 5. The molecule has 0 radical (unpaired) electrons. The van der Waals surface area contributed by atoms with Gasteiger partial charge in [0.05, 0.1) is 6.54 Å². The number of nitrogens with one attached hydrogen (secondary N) is 4. The Labute approximate surface area is 184 Å². The Morgan fingerprint density at radius 3 is 2.52 bits per heavy atom. The molecule has 2 aromatic carbocycles. The van der Waals surface area contributed by atoms with Crippen molar-refractivity contribution in [3.8, 4) is 0 Å². The summed E-state index contributed by atoms with van der Waals surface area (Å²) in [6, 6.07) is 17.7. The molecule has 8 heteroatoms. The lowest BCUT2D eigenvalue weighted by Gasteiger charge is -2.13. The molecule has 1 heterocycles. The summed E-state index contributed by atoms with van der Waals surface area (Å²) in [4.78, 5) is 37.4. The van der Waals surface area contributed by atoms with Crippen molar-refractivity contribution in [1.29, 1.82) is 0 Å². The third-order valence-electron chi connectivity index (χ3n) is 4.46. The molecule has 3 rings (SSSR count). The molecule has 0 fully saturated rings. The molecule has 160 valence electrons. The Morgan fingerprint density at radius 2 is 1.77 bits per heavy atom. The fourth-order valence-corrected chi connectivity index (χ4v) is 3.54. The second-order valence-electron chi connectivity index (χ2n) is 6.84. The summed E-state index contributed by atoms with van der Waals surface area (Å²) in [6.07, 6.45) is 0.720. The summed E-state index contributed by atoms with van der Waals surface area (Å²) >= 11 is 1.62. The molecule has 7 nitrogen and oxygen atoms in total. The highest BCUT2D eigenvalue weighted by molar-refractivity contribution is 7.09. The van der Waals surface area contributed by atoms with E-state index in [9.17, 15) is 14.4 Å². The fraction of sp³-hybridized carbons (Fsp3) is 0.174. The third kappa shape index (κ3) is 6.97. The minimum Gasteiger partial charge on any atom is -0.376 e. The van der Waals surface area contributed by atoms with Gasteiger partial charge in [0.25, 0.3) is 5.91 Å². The summed E-state index contributed by atoms with van der Waals surface area (Å²) < 4.78 is 0. The van der Waals surface area contributed by atoms with Gasteiger partial charge in [0.2, 0.25) is 5.91 Å². The van der Waals surface area contributed by atoms with Gasteiger partial charge in [0.1, 0.15) is 0 Å². The highest BCUT2D eigenvalue weighted by atomic mass is 32.1. The number of anilines is 2. The van der Waals surface area contributed by atoms with E-state index in [0.29, 0.717) is 23.5 Å². The maximum Gasteiger partial charge on any atom is 0.321 e. The predicted molar refractivity (Wildman–Crippen MR) is 124 cm³/mol.